The number of nitrogens with zero attached hydrogens (tertiary/aromatic N) is 3. The first-order chi connectivity index (χ1) is 9.15. The molecule has 1 N–H and O–H groups in total. The molecule has 1 aromatic carbocycles. The van der Waals surface area contributed by atoms with Crippen molar-refractivity contribution >= 4 is 11.5 Å². The third-order valence-corrected chi connectivity index (χ3v) is 3.01. The zero-order valence-corrected chi connectivity index (χ0v) is 11.4. The lowest BCUT2D eigenvalue weighted by Crippen LogP contribution is -2.03. The number of benzene rings is 1. The summed E-state index contributed by atoms with van der Waals surface area (Å²) in [4.78, 5) is 8.35. The molecule has 0 amide bonds. The number of hydrogen-bond donors (Lipinski definition) is 1. The van der Waals surface area contributed by atoms with Gasteiger partial charge in [-0.05, 0) is 31.4 Å². The predicted molar refractivity (Wildman–Crippen MR) is 75.3 cm³/mol. The van der Waals surface area contributed by atoms with Crippen LogP contribution in [0.25, 0.3) is 0 Å². The highest BCUT2D eigenvalue weighted by molar-refractivity contribution is 5.68. The molecule has 1 heterocycles. The first kappa shape index (κ1) is 13.0. The third kappa shape index (κ3) is 2.71. The van der Waals surface area contributed by atoms with Crippen LogP contribution in [0.4, 0.5) is 11.5 Å². The first-order valence-corrected chi connectivity index (χ1v) is 6.25. The number of anilines is 2. The highest BCUT2D eigenvalue weighted by Gasteiger charge is 2.09. The van der Waals surface area contributed by atoms with E-state index in [1.807, 2.05) is 26.0 Å². The van der Waals surface area contributed by atoms with Crippen molar-refractivity contribution in [3.05, 3.63) is 46.9 Å². The van der Waals surface area contributed by atoms with Gasteiger partial charge < -0.3 is 5.32 Å². The minimum absolute atomic E-state index is 0.455. The number of aryl methyl sites for hydroxylation is 3. The summed E-state index contributed by atoms with van der Waals surface area (Å²) in [5.41, 5.74) is 3.83. The number of hydrogen-bond acceptors (Lipinski definition) is 4. The van der Waals surface area contributed by atoms with Crippen molar-refractivity contribution in [3.8, 4) is 6.07 Å². The molecule has 0 saturated carbocycles. The van der Waals surface area contributed by atoms with Crippen LogP contribution < -0.4 is 5.32 Å². The standard InChI is InChI=1S/C15H16N4/c1-4-12-7-5-6-10(2)14(12)19-15-13(8-16)9-17-11(3)18-15/h5-7,9H,4H2,1-3H3,(H,17,18,19). The molecule has 4 nitrogen and oxygen atoms in total. The summed E-state index contributed by atoms with van der Waals surface area (Å²) in [6, 6.07) is 8.27. The molecular formula is C15H16N4. The third-order valence-electron chi connectivity index (χ3n) is 3.01. The van der Waals surface area contributed by atoms with E-state index in [0.29, 0.717) is 17.2 Å². The lowest BCUT2D eigenvalue weighted by Gasteiger charge is -2.14. The van der Waals surface area contributed by atoms with E-state index in [9.17, 15) is 0 Å². The van der Waals surface area contributed by atoms with E-state index < -0.39 is 0 Å². The molecule has 0 spiro atoms. The van der Waals surface area contributed by atoms with Crippen molar-refractivity contribution in [2.45, 2.75) is 27.2 Å². The van der Waals surface area contributed by atoms with Gasteiger partial charge in [0.25, 0.3) is 0 Å². The van der Waals surface area contributed by atoms with Gasteiger partial charge in [-0.25, -0.2) is 9.97 Å². The average Bonchev–Trinajstić information content (AvgIpc) is 2.41. The molecule has 2 aromatic rings. The fourth-order valence-electron chi connectivity index (χ4n) is 1.97. The lowest BCUT2D eigenvalue weighted by molar-refractivity contribution is 1.04. The predicted octanol–water partition coefficient (Wildman–Crippen LogP) is 3.27. The van der Waals surface area contributed by atoms with Crippen LogP contribution in [0.5, 0.6) is 0 Å². The summed E-state index contributed by atoms with van der Waals surface area (Å²) in [7, 11) is 0. The van der Waals surface area contributed by atoms with Crippen LogP contribution in [0.15, 0.2) is 24.4 Å². The Morgan fingerprint density at radius 1 is 1.32 bits per heavy atom. The summed E-state index contributed by atoms with van der Waals surface area (Å²) >= 11 is 0. The minimum atomic E-state index is 0.455. The van der Waals surface area contributed by atoms with E-state index >= 15 is 0 Å². The molecule has 0 unspecified atom stereocenters. The Bertz CT molecular complexity index is 641. The van der Waals surface area contributed by atoms with Gasteiger partial charge in [-0.1, -0.05) is 25.1 Å². The van der Waals surface area contributed by atoms with Crippen molar-refractivity contribution in [2.24, 2.45) is 0 Å². The van der Waals surface area contributed by atoms with E-state index in [2.05, 4.69) is 34.3 Å². The van der Waals surface area contributed by atoms with Gasteiger partial charge in [0.15, 0.2) is 5.82 Å². The second-order valence-electron chi connectivity index (χ2n) is 4.38. The van der Waals surface area contributed by atoms with Crippen molar-refractivity contribution in [3.63, 3.8) is 0 Å². The fourth-order valence-corrected chi connectivity index (χ4v) is 1.97. The molecule has 0 aliphatic carbocycles. The highest BCUT2D eigenvalue weighted by atomic mass is 15.0. The number of nitriles is 1. The van der Waals surface area contributed by atoms with Crippen LogP contribution in [-0.4, -0.2) is 9.97 Å². The van der Waals surface area contributed by atoms with E-state index in [0.717, 1.165) is 17.7 Å². The fraction of sp³-hybridized carbons (Fsp3) is 0.267. The molecule has 2 rings (SSSR count). The molecule has 4 heteroatoms. The SMILES string of the molecule is CCc1cccc(C)c1Nc1nc(C)ncc1C#N. The quantitative estimate of drug-likeness (QED) is 0.910. The molecule has 0 aliphatic rings. The Hall–Kier alpha value is -2.41. The Kier molecular flexibility index (Phi) is 3.76. The van der Waals surface area contributed by atoms with Crippen molar-refractivity contribution in [2.75, 3.05) is 5.32 Å². The van der Waals surface area contributed by atoms with Gasteiger partial charge >= 0.3 is 0 Å². The Morgan fingerprint density at radius 2 is 2.11 bits per heavy atom. The molecule has 0 radical (unpaired) electrons. The number of nitrogens with one attached hydrogen (secondary N) is 1. The van der Waals surface area contributed by atoms with E-state index in [1.54, 1.807) is 6.20 Å². The molecule has 0 aliphatic heterocycles. The second kappa shape index (κ2) is 5.49. The smallest absolute Gasteiger partial charge is 0.152 e. The Morgan fingerprint density at radius 3 is 2.79 bits per heavy atom. The number of para-hydroxylation sites is 1. The average molecular weight is 252 g/mol. The summed E-state index contributed by atoms with van der Waals surface area (Å²) in [6.07, 6.45) is 2.48. The normalized spacial score (nSPS) is 10.0. The van der Waals surface area contributed by atoms with Crippen LogP contribution in [0, 0.1) is 25.2 Å². The molecule has 0 atom stereocenters. The monoisotopic (exact) mass is 252 g/mol. The zero-order chi connectivity index (χ0) is 13.8. The summed E-state index contributed by atoms with van der Waals surface area (Å²) in [5.74, 6) is 1.21. The zero-order valence-electron chi connectivity index (χ0n) is 11.4. The minimum Gasteiger partial charge on any atom is -0.339 e. The van der Waals surface area contributed by atoms with E-state index in [4.69, 9.17) is 5.26 Å². The van der Waals surface area contributed by atoms with Gasteiger partial charge in [0.05, 0.1) is 6.20 Å². The first-order valence-electron chi connectivity index (χ1n) is 6.25. The topological polar surface area (TPSA) is 61.6 Å². The van der Waals surface area contributed by atoms with Gasteiger partial charge in [0, 0.05) is 5.69 Å². The molecule has 0 bridgehead atoms. The molecule has 19 heavy (non-hydrogen) atoms. The van der Waals surface area contributed by atoms with Crippen LogP contribution in [0.3, 0.4) is 0 Å². The van der Waals surface area contributed by atoms with Crippen molar-refractivity contribution in [1.29, 1.82) is 5.26 Å². The molecule has 1 aromatic heterocycles. The summed E-state index contributed by atoms with van der Waals surface area (Å²) < 4.78 is 0. The Balaban J connectivity index is 2.47. The number of rotatable bonds is 3. The second-order valence-corrected chi connectivity index (χ2v) is 4.38. The Labute approximate surface area is 113 Å². The largest absolute Gasteiger partial charge is 0.339 e. The molecule has 0 fully saturated rings. The summed E-state index contributed by atoms with van der Waals surface area (Å²) in [6.45, 7) is 5.96. The maximum Gasteiger partial charge on any atom is 0.152 e. The van der Waals surface area contributed by atoms with E-state index in [1.165, 1.54) is 5.56 Å². The van der Waals surface area contributed by atoms with Crippen molar-refractivity contribution in [1.82, 2.24) is 9.97 Å². The van der Waals surface area contributed by atoms with Crippen molar-refractivity contribution < 1.29 is 0 Å². The van der Waals surface area contributed by atoms with Gasteiger partial charge in [-0.2, -0.15) is 5.26 Å². The number of aromatic nitrogens is 2. The highest BCUT2D eigenvalue weighted by Crippen LogP contribution is 2.25. The van der Waals surface area contributed by atoms with Crippen LogP contribution in [0.1, 0.15) is 29.4 Å². The molecular weight excluding hydrogens is 236 g/mol. The van der Waals surface area contributed by atoms with Gasteiger partial charge in [-0.3, -0.25) is 0 Å². The van der Waals surface area contributed by atoms with Crippen LogP contribution >= 0.6 is 0 Å². The van der Waals surface area contributed by atoms with Gasteiger partial charge in [-0.15, -0.1) is 0 Å². The lowest BCUT2D eigenvalue weighted by atomic mass is 10.1. The van der Waals surface area contributed by atoms with E-state index in [-0.39, 0.29) is 0 Å². The summed E-state index contributed by atoms with van der Waals surface area (Å²) in [5, 5.41) is 12.4. The van der Waals surface area contributed by atoms with Gasteiger partial charge in [0.2, 0.25) is 0 Å². The maximum absolute atomic E-state index is 9.11. The maximum atomic E-state index is 9.11. The van der Waals surface area contributed by atoms with Crippen LogP contribution in [-0.2, 0) is 6.42 Å². The van der Waals surface area contributed by atoms with Gasteiger partial charge in [0.1, 0.15) is 17.5 Å². The molecule has 0 saturated heterocycles. The molecule has 96 valence electrons. The van der Waals surface area contributed by atoms with Crippen LogP contribution in [0.2, 0.25) is 0 Å².